The third-order valence-electron chi connectivity index (χ3n) is 4.24. The van der Waals surface area contributed by atoms with Crippen LogP contribution in [0.1, 0.15) is 33.1 Å². The predicted octanol–water partition coefficient (Wildman–Crippen LogP) is 0.293. The number of nitrogens with two attached hydrogens (primary N) is 1. The number of aromatic nitrogens is 1. The Morgan fingerprint density at radius 3 is 2.77 bits per heavy atom. The zero-order chi connectivity index (χ0) is 19.3. The van der Waals surface area contributed by atoms with Crippen LogP contribution in [-0.2, 0) is 19.6 Å². The standard InChI is InChI=1S/C17H26N4O4S/c1-12(2)10-13(18)17(23)20-14-6-5-9-21(11-15(14)22)26(24,25)16-7-3-4-8-19-16/h3-4,7-8,12-14H,5-6,9-11,18H2,1-2H3,(H,20,23). The summed E-state index contributed by atoms with van der Waals surface area (Å²) < 4.78 is 26.4. The molecule has 1 fully saturated rings. The summed E-state index contributed by atoms with van der Waals surface area (Å²) in [6.45, 7) is 3.84. The molecular weight excluding hydrogens is 356 g/mol. The second-order valence-corrected chi connectivity index (χ2v) is 8.80. The summed E-state index contributed by atoms with van der Waals surface area (Å²) in [7, 11) is -3.84. The Hall–Kier alpha value is -1.84. The molecule has 1 saturated heterocycles. The fraction of sp³-hybridized carbons (Fsp3) is 0.588. The van der Waals surface area contributed by atoms with Crippen molar-refractivity contribution < 1.29 is 18.0 Å². The van der Waals surface area contributed by atoms with Gasteiger partial charge in [0.25, 0.3) is 10.0 Å². The van der Waals surface area contributed by atoms with Crippen LogP contribution in [-0.4, -0.2) is 54.6 Å². The summed E-state index contributed by atoms with van der Waals surface area (Å²) in [6, 6.07) is 3.20. The molecule has 1 aliphatic rings. The number of nitrogens with zero attached hydrogens (tertiary/aromatic N) is 2. The van der Waals surface area contributed by atoms with E-state index in [1.165, 1.54) is 12.3 Å². The second-order valence-electron chi connectivity index (χ2n) is 6.91. The third kappa shape index (κ3) is 5.09. The number of nitrogens with one attached hydrogen (secondary N) is 1. The largest absolute Gasteiger partial charge is 0.345 e. The van der Waals surface area contributed by atoms with Crippen molar-refractivity contribution in [1.29, 1.82) is 0 Å². The lowest BCUT2D eigenvalue weighted by atomic mass is 10.0. The molecule has 26 heavy (non-hydrogen) atoms. The maximum atomic E-state index is 12.6. The van der Waals surface area contributed by atoms with Crippen molar-refractivity contribution in [3.8, 4) is 0 Å². The van der Waals surface area contributed by atoms with Crippen molar-refractivity contribution in [1.82, 2.24) is 14.6 Å². The highest BCUT2D eigenvalue weighted by molar-refractivity contribution is 7.89. The number of sulfonamides is 1. The van der Waals surface area contributed by atoms with Gasteiger partial charge in [-0.25, -0.2) is 13.4 Å². The molecule has 2 unspecified atom stereocenters. The second kappa shape index (κ2) is 8.70. The van der Waals surface area contributed by atoms with Crippen molar-refractivity contribution in [2.24, 2.45) is 11.7 Å². The van der Waals surface area contributed by atoms with Crippen molar-refractivity contribution in [3.05, 3.63) is 24.4 Å². The van der Waals surface area contributed by atoms with Crippen molar-refractivity contribution in [2.75, 3.05) is 13.1 Å². The molecule has 0 bridgehead atoms. The van der Waals surface area contributed by atoms with E-state index < -0.39 is 22.1 Å². The van der Waals surface area contributed by atoms with E-state index in [0.717, 1.165) is 4.31 Å². The van der Waals surface area contributed by atoms with Crippen LogP contribution in [0.4, 0.5) is 0 Å². The van der Waals surface area contributed by atoms with E-state index in [4.69, 9.17) is 5.73 Å². The Bertz CT molecular complexity index is 736. The Morgan fingerprint density at radius 2 is 2.15 bits per heavy atom. The Balaban J connectivity index is 2.05. The van der Waals surface area contributed by atoms with Gasteiger partial charge in [0.05, 0.1) is 18.6 Å². The third-order valence-corrected chi connectivity index (χ3v) is 6.00. The molecule has 2 rings (SSSR count). The molecule has 0 saturated carbocycles. The highest BCUT2D eigenvalue weighted by atomic mass is 32.2. The summed E-state index contributed by atoms with van der Waals surface area (Å²) in [5, 5.41) is 2.59. The smallest absolute Gasteiger partial charge is 0.260 e. The number of hydrogen-bond acceptors (Lipinski definition) is 6. The molecule has 3 N–H and O–H groups in total. The van der Waals surface area contributed by atoms with Gasteiger partial charge in [-0.1, -0.05) is 19.9 Å². The van der Waals surface area contributed by atoms with Crippen LogP contribution >= 0.6 is 0 Å². The van der Waals surface area contributed by atoms with Gasteiger partial charge in [0.2, 0.25) is 5.91 Å². The first-order valence-corrected chi connectivity index (χ1v) is 10.2. The average molecular weight is 382 g/mol. The molecule has 0 radical (unpaired) electrons. The number of amides is 1. The SMILES string of the molecule is CC(C)CC(N)C(=O)NC1CCCN(S(=O)(=O)c2ccccn2)CC1=O. The van der Waals surface area contributed by atoms with Crippen LogP contribution in [0.25, 0.3) is 0 Å². The number of hydrogen-bond donors (Lipinski definition) is 2. The quantitative estimate of drug-likeness (QED) is 0.729. The molecule has 1 aliphatic heterocycles. The molecular formula is C17H26N4O4S. The number of rotatable bonds is 6. The topological polar surface area (TPSA) is 122 Å². The molecule has 1 aromatic heterocycles. The first kappa shape index (κ1) is 20.5. The van der Waals surface area contributed by atoms with Gasteiger partial charge in [-0.15, -0.1) is 0 Å². The Kier molecular flexibility index (Phi) is 6.85. The summed E-state index contributed by atoms with van der Waals surface area (Å²) in [5.74, 6) is -0.454. The van der Waals surface area contributed by atoms with Gasteiger partial charge >= 0.3 is 0 Å². The van der Waals surface area contributed by atoms with Crippen molar-refractivity contribution >= 4 is 21.7 Å². The zero-order valence-corrected chi connectivity index (χ0v) is 15.9. The van der Waals surface area contributed by atoms with Gasteiger partial charge in [0, 0.05) is 12.7 Å². The summed E-state index contributed by atoms with van der Waals surface area (Å²) >= 11 is 0. The van der Waals surface area contributed by atoms with Gasteiger partial charge < -0.3 is 11.1 Å². The summed E-state index contributed by atoms with van der Waals surface area (Å²) in [5.41, 5.74) is 5.85. The van der Waals surface area contributed by atoms with E-state index >= 15 is 0 Å². The van der Waals surface area contributed by atoms with Gasteiger partial charge in [-0.05, 0) is 37.3 Å². The highest BCUT2D eigenvalue weighted by Gasteiger charge is 2.34. The van der Waals surface area contributed by atoms with Crippen LogP contribution in [0.5, 0.6) is 0 Å². The molecule has 0 aromatic carbocycles. The fourth-order valence-corrected chi connectivity index (χ4v) is 4.26. The Morgan fingerprint density at radius 1 is 1.42 bits per heavy atom. The van der Waals surface area contributed by atoms with Crippen LogP contribution < -0.4 is 11.1 Å². The maximum Gasteiger partial charge on any atom is 0.260 e. The summed E-state index contributed by atoms with van der Waals surface area (Å²) in [6.07, 6.45) is 2.76. The van der Waals surface area contributed by atoms with Gasteiger partial charge in [-0.3, -0.25) is 9.59 Å². The number of Topliss-reactive ketones (excluding diaryl/α,β-unsaturated/α-hetero) is 1. The molecule has 1 amide bonds. The average Bonchev–Trinajstić information content (AvgIpc) is 2.77. The lowest BCUT2D eigenvalue weighted by Gasteiger charge is -2.20. The van der Waals surface area contributed by atoms with E-state index in [2.05, 4.69) is 10.3 Å². The minimum absolute atomic E-state index is 0.0887. The minimum Gasteiger partial charge on any atom is -0.345 e. The van der Waals surface area contributed by atoms with E-state index in [0.29, 0.717) is 19.3 Å². The number of pyridine rings is 1. The number of carbonyl (C=O) groups is 2. The predicted molar refractivity (Wildman–Crippen MR) is 96.6 cm³/mol. The fourth-order valence-electron chi connectivity index (χ4n) is 2.88. The van der Waals surface area contributed by atoms with Crippen molar-refractivity contribution in [3.63, 3.8) is 0 Å². The van der Waals surface area contributed by atoms with E-state index in [9.17, 15) is 18.0 Å². The Labute approximate surface area is 154 Å². The van der Waals surface area contributed by atoms with Gasteiger partial charge in [0.1, 0.15) is 0 Å². The minimum atomic E-state index is -3.84. The van der Waals surface area contributed by atoms with Crippen molar-refractivity contribution in [2.45, 2.75) is 50.2 Å². The summed E-state index contributed by atoms with van der Waals surface area (Å²) in [4.78, 5) is 28.5. The lowest BCUT2D eigenvalue weighted by Crippen LogP contribution is -2.50. The van der Waals surface area contributed by atoms with E-state index in [1.807, 2.05) is 13.8 Å². The number of carbonyl (C=O) groups excluding carboxylic acids is 2. The van der Waals surface area contributed by atoms with Crippen LogP contribution in [0.2, 0.25) is 0 Å². The zero-order valence-electron chi connectivity index (χ0n) is 15.1. The normalized spacial score (nSPS) is 20.6. The number of ketones is 1. The van der Waals surface area contributed by atoms with E-state index in [-0.39, 0.29) is 35.7 Å². The molecule has 2 atom stereocenters. The lowest BCUT2D eigenvalue weighted by molar-refractivity contribution is -0.128. The monoisotopic (exact) mass is 382 g/mol. The van der Waals surface area contributed by atoms with Gasteiger partial charge in [0.15, 0.2) is 10.8 Å². The molecule has 8 nitrogen and oxygen atoms in total. The molecule has 144 valence electrons. The van der Waals surface area contributed by atoms with E-state index in [1.54, 1.807) is 12.1 Å². The highest BCUT2D eigenvalue weighted by Crippen LogP contribution is 2.18. The van der Waals surface area contributed by atoms with Crippen LogP contribution in [0.15, 0.2) is 29.4 Å². The first-order valence-electron chi connectivity index (χ1n) is 8.71. The molecule has 1 aromatic rings. The van der Waals surface area contributed by atoms with Crippen LogP contribution in [0, 0.1) is 5.92 Å². The van der Waals surface area contributed by atoms with Crippen LogP contribution in [0.3, 0.4) is 0 Å². The molecule has 2 heterocycles. The molecule has 0 spiro atoms. The molecule has 0 aliphatic carbocycles. The first-order chi connectivity index (χ1) is 12.2. The van der Waals surface area contributed by atoms with Gasteiger partial charge in [-0.2, -0.15) is 4.31 Å². The maximum absolute atomic E-state index is 12.6. The molecule has 9 heteroatoms.